The second-order valence-corrected chi connectivity index (χ2v) is 6.77. The molecule has 4 rings (SSSR count). The molecule has 4 heterocycles. The zero-order valence-corrected chi connectivity index (χ0v) is 13.8. The molecule has 2 aliphatic rings. The van der Waals surface area contributed by atoms with Gasteiger partial charge in [0.25, 0.3) is 12.3 Å². The van der Waals surface area contributed by atoms with E-state index >= 15 is 0 Å². The molecule has 2 saturated heterocycles. The second-order valence-electron chi connectivity index (χ2n) is 6.77. The van der Waals surface area contributed by atoms with Crippen molar-refractivity contribution in [1.82, 2.24) is 24.6 Å². The number of fused-ring (bicyclic) bond motifs is 2. The lowest BCUT2D eigenvalue weighted by atomic mass is 9.88. The zero-order chi connectivity index (χ0) is 17.6. The maximum absolute atomic E-state index is 12.9. The van der Waals surface area contributed by atoms with E-state index in [1.54, 1.807) is 6.20 Å². The average molecular weight is 347 g/mol. The molecule has 0 spiro atoms. The van der Waals surface area contributed by atoms with Crippen molar-refractivity contribution >= 4 is 5.91 Å². The minimum atomic E-state index is -2.71. The van der Waals surface area contributed by atoms with Gasteiger partial charge in [-0.15, -0.1) is 0 Å². The summed E-state index contributed by atoms with van der Waals surface area (Å²) in [5.41, 5.74) is 0.836. The van der Waals surface area contributed by atoms with Crippen molar-refractivity contribution in [3.8, 4) is 0 Å². The highest BCUT2D eigenvalue weighted by atomic mass is 19.3. The molecule has 1 amide bonds. The highest BCUT2D eigenvalue weighted by Crippen LogP contribution is 2.43. The maximum atomic E-state index is 12.9. The van der Waals surface area contributed by atoms with Gasteiger partial charge in [0.15, 0.2) is 0 Å². The lowest BCUT2D eigenvalue weighted by molar-refractivity contribution is 0.0561. The van der Waals surface area contributed by atoms with Gasteiger partial charge in [0.1, 0.15) is 17.7 Å². The highest BCUT2D eigenvalue weighted by molar-refractivity contribution is 5.93. The molecule has 8 heteroatoms. The number of carbonyl (C=O) groups excluding carboxylic acids is 1. The van der Waals surface area contributed by atoms with Crippen LogP contribution in [0.2, 0.25) is 0 Å². The van der Waals surface area contributed by atoms with E-state index in [0.29, 0.717) is 5.92 Å². The van der Waals surface area contributed by atoms with Crippen molar-refractivity contribution in [2.24, 2.45) is 7.05 Å². The summed E-state index contributed by atoms with van der Waals surface area (Å²) < 4.78 is 27.6. The van der Waals surface area contributed by atoms with E-state index in [1.165, 1.54) is 5.69 Å². The SMILES string of the molecule is Cn1nccc1C1CC2CCC(C1)N2C(=O)c1cc(C(F)F)ncn1. The first-order valence-corrected chi connectivity index (χ1v) is 8.45. The summed E-state index contributed by atoms with van der Waals surface area (Å²) in [7, 11) is 1.93. The molecule has 2 fully saturated rings. The van der Waals surface area contributed by atoms with Gasteiger partial charge >= 0.3 is 0 Å². The minimum Gasteiger partial charge on any atom is -0.331 e. The summed E-state index contributed by atoms with van der Waals surface area (Å²) in [6.45, 7) is 0. The number of nitrogens with zero attached hydrogens (tertiary/aromatic N) is 5. The van der Waals surface area contributed by atoms with Crippen LogP contribution in [0, 0.1) is 0 Å². The Hall–Kier alpha value is -2.38. The summed E-state index contributed by atoms with van der Waals surface area (Å²) in [5, 5.41) is 4.24. The van der Waals surface area contributed by atoms with Crippen molar-refractivity contribution in [3.05, 3.63) is 41.7 Å². The molecule has 0 aliphatic carbocycles. The van der Waals surface area contributed by atoms with Crippen LogP contribution >= 0.6 is 0 Å². The number of halogens is 2. The van der Waals surface area contributed by atoms with Crippen molar-refractivity contribution in [2.45, 2.75) is 50.1 Å². The number of hydrogen-bond donors (Lipinski definition) is 0. The third-order valence-electron chi connectivity index (χ3n) is 5.38. The van der Waals surface area contributed by atoms with Crippen LogP contribution in [-0.2, 0) is 7.05 Å². The van der Waals surface area contributed by atoms with Crippen molar-refractivity contribution < 1.29 is 13.6 Å². The Bertz CT molecular complexity index is 779. The van der Waals surface area contributed by atoms with E-state index in [2.05, 4.69) is 15.1 Å². The smallest absolute Gasteiger partial charge is 0.280 e. The van der Waals surface area contributed by atoms with Gasteiger partial charge in [-0.3, -0.25) is 9.48 Å². The van der Waals surface area contributed by atoms with Gasteiger partial charge < -0.3 is 4.90 Å². The molecule has 0 aromatic carbocycles. The Balaban J connectivity index is 1.56. The number of rotatable bonds is 3. The number of hydrogen-bond acceptors (Lipinski definition) is 4. The van der Waals surface area contributed by atoms with E-state index in [0.717, 1.165) is 38.1 Å². The molecule has 2 bridgehead atoms. The Morgan fingerprint density at radius 2 is 1.96 bits per heavy atom. The maximum Gasteiger partial charge on any atom is 0.280 e. The predicted molar refractivity (Wildman–Crippen MR) is 85.2 cm³/mol. The summed E-state index contributed by atoms with van der Waals surface area (Å²) >= 11 is 0. The molecule has 132 valence electrons. The first-order chi connectivity index (χ1) is 12.0. The molecule has 2 unspecified atom stereocenters. The minimum absolute atomic E-state index is 0.0567. The largest absolute Gasteiger partial charge is 0.331 e. The fraction of sp³-hybridized carbons (Fsp3) is 0.529. The molecule has 6 nitrogen and oxygen atoms in total. The zero-order valence-electron chi connectivity index (χ0n) is 13.8. The normalized spacial score (nSPS) is 25.6. The van der Waals surface area contributed by atoms with Crippen LogP contribution in [0.15, 0.2) is 24.7 Å². The van der Waals surface area contributed by atoms with Crippen LogP contribution in [0.25, 0.3) is 0 Å². The van der Waals surface area contributed by atoms with Crippen LogP contribution < -0.4 is 0 Å². The molecule has 2 atom stereocenters. The Kier molecular flexibility index (Phi) is 3.97. The Labute approximate surface area is 143 Å². The van der Waals surface area contributed by atoms with E-state index in [-0.39, 0.29) is 23.7 Å². The number of amides is 1. The standard InChI is InChI=1S/C17H19F2N5O/c1-23-15(4-5-22-23)10-6-11-2-3-12(7-10)24(11)17(25)14-8-13(16(18)19)20-9-21-14/h4-5,8-12,16H,2-3,6-7H2,1H3. The van der Waals surface area contributed by atoms with Crippen molar-refractivity contribution in [3.63, 3.8) is 0 Å². The van der Waals surface area contributed by atoms with Gasteiger partial charge in [0.2, 0.25) is 0 Å². The van der Waals surface area contributed by atoms with E-state index in [1.807, 2.05) is 22.7 Å². The number of aryl methyl sites for hydroxylation is 1. The molecular formula is C17H19F2N5O. The molecule has 2 aromatic rings. The molecule has 25 heavy (non-hydrogen) atoms. The molecule has 0 radical (unpaired) electrons. The van der Waals surface area contributed by atoms with E-state index in [9.17, 15) is 13.6 Å². The predicted octanol–water partition coefficient (Wildman–Crippen LogP) is 2.70. The van der Waals surface area contributed by atoms with Gasteiger partial charge in [-0.25, -0.2) is 18.7 Å². The van der Waals surface area contributed by atoms with Crippen molar-refractivity contribution in [1.29, 1.82) is 0 Å². The topological polar surface area (TPSA) is 63.9 Å². The molecular weight excluding hydrogens is 328 g/mol. The summed E-state index contributed by atoms with van der Waals surface area (Å²) in [4.78, 5) is 22.2. The van der Waals surface area contributed by atoms with Crippen LogP contribution in [-0.4, -0.2) is 42.6 Å². The molecule has 2 aliphatic heterocycles. The second kappa shape index (κ2) is 6.16. The summed E-state index contributed by atoms with van der Waals surface area (Å²) in [6.07, 6.45) is 3.75. The summed E-state index contributed by atoms with van der Waals surface area (Å²) in [6, 6.07) is 3.38. The first kappa shape index (κ1) is 16.1. The fourth-order valence-corrected chi connectivity index (χ4v) is 4.28. The van der Waals surface area contributed by atoms with Gasteiger partial charge in [-0.05, 0) is 37.8 Å². The Morgan fingerprint density at radius 3 is 2.56 bits per heavy atom. The lowest BCUT2D eigenvalue weighted by Crippen LogP contribution is -2.46. The third-order valence-corrected chi connectivity index (χ3v) is 5.38. The lowest BCUT2D eigenvalue weighted by Gasteiger charge is -2.38. The highest BCUT2D eigenvalue weighted by Gasteiger charge is 2.44. The first-order valence-electron chi connectivity index (χ1n) is 8.45. The number of aromatic nitrogens is 4. The van der Waals surface area contributed by atoms with Crippen LogP contribution in [0.1, 0.15) is 59.9 Å². The van der Waals surface area contributed by atoms with E-state index in [4.69, 9.17) is 0 Å². The monoisotopic (exact) mass is 347 g/mol. The van der Waals surface area contributed by atoms with Gasteiger partial charge in [0, 0.05) is 36.9 Å². The van der Waals surface area contributed by atoms with Gasteiger partial charge in [-0.2, -0.15) is 5.10 Å². The van der Waals surface area contributed by atoms with Gasteiger partial charge in [-0.1, -0.05) is 0 Å². The van der Waals surface area contributed by atoms with Crippen LogP contribution in [0.5, 0.6) is 0 Å². The average Bonchev–Trinajstić information content (AvgIpc) is 3.15. The molecule has 0 N–H and O–H groups in total. The summed E-state index contributed by atoms with van der Waals surface area (Å²) in [5.74, 6) is 0.108. The van der Waals surface area contributed by atoms with Crippen LogP contribution in [0.4, 0.5) is 8.78 Å². The van der Waals surface area contributed by atoms with Gasteiger partial charge in [0.05, 0.1) is 0 Å². The number of piperidine rings is 1. The van der Waals surface area contributed by atoms with Crippen molar-refractivity contribution in [2.75, 3.05) is 0 Å². The molecule has 2 aromatic heterocycles. The van der Waals surface area contributed by atoms with Crippen LogP contribution in [0.3, 0.4) is 0 Å². The Morgan fingerprint density at radius 1 is 1.24 bits per heavy atom. The fourth-order valence-electron chi connectivity index (χ4n) is 4.28. The molecule has 0 saturated carbocycles. The van der Waals surface area contributed by atoms with E-state index < -0.39 is 12.1 Å². The third kappa shape index (κ3) is 2.79. The quantitative estimate of drug-likeness (QED) is 0.856. The number of alkyl halides is 2. The number of carbonyl (C=O) groups is 1.